The number of primary sulfonamides is 1. The van der Waals surface area contributed by atoms with Crippen LogP contribution in [0.3, 0.4) is 0 Å². The average Bonchev–Trinajstić information content (AvgIpc) is 3.01. The molecule has 2 aromatic carbocycles. The van der Waals surface area contributed by atoms with Gasteiger partial charge in [0.05, 0.1) is 22.8 Å². The van der Waals surface area contributed by atoms with Gasteiger partial charge in [-0.25, -0.2) is 18.5 Å². The van der Waals surface area contributed by atoms with E-state index in [2.05, 4.69) is 20.4 Å². The Morgan fingerprint density at radius 3 is 2.61 bits per heavy atom. The SMILES string of the molecule is Cc1ccc(Nc2cncc(N(C)c3ccc4c(C)n(C)nc4c3)n2)cc1S(N)(=O)=O. The van der Waals surface area contributed by atoms with Crippen LogP contribution in [0.5, 0.6) is 0 Å². The molecule has 0 bridgehead atoms. The molecule has 0 radical (unpaired) electrons. The van der Waals surface area contributed by atoms with Crippen LogP contribution in [0.2, 0.25) is 0 Å². The van der Waals surface area contributed by atoms with Gasteiger partial charge in [0.15, 0.2) is 11.6 Å². The van der Waals surface area contributed by atoms with E-state index in [1.165, 1.54) is 6.07 Å². The lowest BCUT2D eigenvalue weighted by atomic mass is 10.2. The van der Waals surface area contributed by atoms with Crippen molar-refractivity contribution in [2.75, 3.05) is 17.3 Å². The Labute approximate surface area is 180 Å². The van der Waals surface area contributed by atoms with Gasteiger partial charge >= 0.3 is 0 Å². The van der Waals surface area contributed by atoms with E-state index in [-0.39, 0.29) is 4.90 Å². The molecule has 2 aromatic heterocycles. The molecule has 0 aliphatic rings. The van der Waals surface area contributed by atoms with Crippen molar-refractivity contribution in [3.05, 3.63) is 60.0 Å². The summed E-state index contributed by atoms with van der Waals surface area (Å²) in [6.07, 6.45) is 3.23. The smallest absolute Gasteiger partial charge is 0.238 e. The lowest BCUT2D eigenvalue weighted by Gasteiger charge is -2.19. The Morgan fingerprint density at radius 1 is 1.10 bits per heavy atom. The van der Waals surface area contributed by atoms with E-state index in [1.54, 1.807) is 31.5 Å². The van der Waals surface area contributed by atoms with Crippen molar-refractivity contribution in [2.24, 2.45) is 12.2 Å². The van der Waals surface area contributed by atoms with Crippen molar-refractivity contribution >= 4 is 43.9 Å². The van der Waals surface area contributed by atoms with Crippen LogP contribution in [-0.2, 0) is 17.1 Å². The molecule has 0 saturated heterocycles. The third kappa shape index (κ3) is 4.07. The molecule has 4 aromatic rings. The topological polar surface area (TPSA) is 119 Å². The summed E-state index contributed by atoms with van der Waals surface area (Å²) in [5.41, 5.74) is 4.06. The number of sulfonamides is 1. The summed E-state index contributed by atoms with van der Waals surface area (Å²) in [7, 11) is 0.00371. The van der Waals surface area contributed by atoms with Crippen molar-refractivity contribution in [3.63, 3.8) is 0 Å². The summed E-state index contributed by atoms with van der Waals surface area (Å²) < 4.78 is 25.4. The molecule has 0 aliphatic heterocycles. The summed E-state index contributed by atoms with van der Waals surface area (Å²) in [5.74, 6) is 1.10. The maximum atomic E-state index is 11.8. The van der Waals surface area contributed by atoms with E-state index < -0.39 is 10.0 Å². The van der Waals surface area contributed by atoms with Crippen LogP contribution in [0.1, 0.15) is 11.3 Å². The minimum atomic E-state index is -3.82. The molecule has 0 saturated carbocycles. The Hall–Kier alpha value is -3.50. The largest absolute Gasteiger partial charge is 0.339 e. The first-order valence-electron chi connectivity index (χ1n) is 9.53. The van der Waals surface area contributed by atoms with Gasteiger partial charge in [-0.3, -0.25) is 9.67 Å². The Bertz CT molecular complexity index is 1400. The second-order valence-electron chi connectivity index (χ2n) is 7.38. The predicted octanol–water partition coefficient (Wildman–Crippen LogP) is 3.14. The number of rotatable bonds is 5. The zero-order chi connectivity index (χ0) is 22.3. The van der Waals surface area contributed by atoms with E-state index in [9.17, 15) is 8.42 Å². The molecular weight excluding hydrogens is 414 g/mol. The first-order valence-corrected chi connectivity index (χ1v) is 11.1. The van der Waals surface area contributed by atoms with E-state index >= 15 is 0 Å². The summed E-state index contributed by atoms with van der Waals surface area (Å²) >= 11 is 0. The number of nitrogens with two attached hydrogens (primary N) is 1. The lowest BCUT2D eigenvalue weighted by Crippen LogP contribution is -2.14. The number of hydrogen-bond acceptors (Lipinski definition) is 7. The third-order valence-corrected chi connectivity index (χ3v) is 6.29. The Morgan fingerprint density at radius 2 is 1.87 bits per heavy atom. The number of aromatic nitrogens is 4. The van der Waals surface area contributed by atoms with Gasteiger partial charge in [0.1, 0.15) is 0 Å². The molecule has 10 heteroatoms. The number of hydrogen-bond donors (Lipinski definition) is 2. The van der Waals surface area contributed by atoms with Gasteiger partial charge in [0.2, 0.25) is 10.0 Å². The second-order valence-corrected chi connectivity index (χ2v) is 8.91. The van der Waals surface area contributed by atoms with Gasteiger partial charge in [-0.15, -0.1) is 0 Å². The van der Waals surface area contributed by atoms with Crippen LogP contribution in [0.4, 0.5) is 23.0 Å². The van der Waals surface area contributed by atoms with Crippen LogP contribution in [0, 0.1) is 13.8 Å². The zero-order valence-electron chi connectivity index (χ0n) is 17.7. The molecule has 4 rings (SSSR count). The summed E-state index contributed by atoms with van der Waals surface area (Å²) in [5, 5.41) is 14.0. The van der Waals surface area contributed by atoms with Gasteiger partial charge in [0.25, 0.3) is 0 Å². The zero-order valence-corrected chi connectivity index (χ0v) is 18.5. The quantitative estimate of drug-likeness (QED) is 0.492. The molecule has 2 heterocycles. The molecule has 0 fully saturated rings. The van der Waals surface area contributed by atoms with Gasteiger partial charge in [-0.05, 0) is 49.7 Å². The fourth-order valence-corrected chi connectivity index (χ4v) is 4.18. The van der Waals surface area contributed by atoms with E-state index in [4.69, 9.17) is 5.14 Å². The number of aryl methyl sites for hydroxylation is 3. The molecule has 0 unspecified atom stereocenters. The Kier molecular flexibility index (Phi) is 5.11. The van der Waals surface area contributed by atoms with Crippen molar-refractivity contribution in [2.45, 2.75) is 18.7 Å². The van der Waals surface area contributed by atoms with Crippen molar-refractivity contribution in [3.8, 4) is 0 Å². The number of benzene rings is 2. The minimum absolute atomic E-state index is 0.0673. The average molecular weight is 438 g/mol. The molecule has 0 amide bonds. The minimum Gasteiger partial charge on any atom is -0.339 e. The summed E-state index contributed by atoms with van der Waals surface area (Å²) in [6, 6.07) is 11.0. The Balaban J connectivity index is 1.63. The monoisotopic (exact) mass is 437 g/mol. The highest BCUT2D eigenvalue weighted by atomic mass is 32.2. The van der Waals surface area contributed by atoms with E-state index in [1.807, 2.05) is 48.8 Å². The maximum absolute atomic E-state index is 11.8. The van der Waals surface area contributed by atoms with Crippen LogP contribution in [0.25, 0.3) is 10.9 Å². The normalized spacial score (nSPS) is 11.6. The summed E-state index contributed by atoms with van der Waals surface area (Å²) in [6.45, 7) is 3.73. The molecule has 0 spiro atoms. The number of anilines is 4. The van der Waals surface area contributed by atoms with E-state index in [0.717, 1.165) is 22.3 Å². The van der Waals surface area contributed by atoms with Crippen LogP contribution >= 0.6 is 0 Å². The fraction of sp³-hybridized carbons (Fsp3) is 0.190. The molecule has 31 heavy (non-hydrogen) atoms. The molecule has 0 atom stereocenters. The predicted molar refractivity (Wildman–Crippen MR) is 121 cm³/mol. The third-order valence-electron chi connectivity index (χ3n) is 5.23. The molecule has 0 aliphatic carbocycles. The highest BCUT2D eigenvalue weighted by molar-refractivity contribution is 7.89. The summed E-state index contributed by atoms with van der Waals surface area (Å²) in [4.78, 5) is 10.9. The molecule has 160 valence electrons. The highest BCUT2D eigenvalue weighted by Gasteiger charge is 2.14. The van der Waals surface area contributed by atoms with Crippen LogP contribution < -0.4 is 15.4 Å². The maximum Gasteiger partial charge on any atom is 0.238 e. The number of nitrogens with one attached hydrogen (secondary N) is 1. The van der Waals surface area contributed by atoms with Gasteiger partial charge in [-0.1, -0.05) is 6.07 Å². The molecular formula is C21H23N7O2S. The van der Waals surface area contributed by atoms with Gasteiger partial charge in [-0.2, -0.15) is 5.10 Å². The second kappa shape index (κ2) is 7.64. The number of nitrogens with zero attached hydrogens (tertiary/aromatic N) is 5. The van der Waals surface area contributed by atoms with Gasteiger partial charge in [0, 0.05) is 36.6 Å². The highest BCUT2D eigenvalue weighted by Crippen LogP contribution is 2.28. The first kappa shape index (κ1) is 20.8. The van der Waals surface area contributed by atoms with Crippen LogP contribution in [-0.4, -0.2) is 35.2 Å². The number of fused-ring (bicyclic) bond motifs is 1. The van der Waals surface area contributed by atoms with Crippen molar-refractivity contribution in [1.82, 2.24) is 19.7 Å². The standard InChI is InChI=1S/C21H23N7O2S/c1-13-5-6-15(9-19(13)31(22,29)30)24-20-11-23-12-21(25-20)27(3)16-7-8-17-14(2)28(4)26-18(17)10-16/h5-12H,1-4H3,(H,24,25)(H2,22,29,30). The molecule has 9 nitrogen and oxygen atoms in total. The van der Waals surface area contributed by atoms with Crippen LogP contribution in [0.15, 0.2) is 53.7 Å². The lowest BCUT2D eigenvalue weighted by molar-refractivity contribution is 0.597. The molecule has 3 N–H and O–H groups in total. The fourth-order valence-electron chi connectivity index (χ4n) is 3.37. The van der Waals surface area contributed by atoms with Gasteiger partial charge < -0.3 is 10.2 Å². The van der Waals surface area contributed by atoms with E-state index in [0.29, 0.717) is 22.9 Å². The first-order chi connectivity index (χ1) is 14.6. The van der Waals surface area contributed by atoms with Crippen molar-refractivity contribution < 1.29 is 8.42 Å². The van der Waals surface area contributed by atoms with Crippen molar-refractivity contribution in [1.29, 1.82) is 0 Å².